The molecule has 9 heterocycles. The van der Waals surface area contributed by atoms with Gasteiger partial charge in [-0.15, -0.1) is 11.3 Å². The van der Waals surface area contributed by atoms with Crippen molar-refractivity contribution in [1.82, 2.24) is 71.4 Å². The van der Waals surface area contributed by atoms with Crippen LogP contribution in [0, 0.1) is 0 Å². The Morgan fingerprint density at radius 3 is 1.21 bits per heavy atom. The van der Waals surface area contributed by atoms with Crippen molar-refractivity contribution in [3.8, 4) is 28.3 Å². The zero-order valence-corrected chi connectivity index (χ0v) is 71.8. The minimum absolute atomic E-state index is 0.0208. The Balaban J connectivity index is 0.000000156. The molecule has 9 amide bonds. The van der Waals surface area contributed by atoms with E-state index in [0.29, 0.717) is 67.8 Å². The van der Waals surface area contributed by atoms with Crippen LogP contribution in [-0.2, 0) is 80.9 Å². The minimum Gasteiger partial charge on any atom is -0.361 e. The van der Waals surface area contributed by atoms with E-state index in [2.05, 4.69) is 61.0 Å². The molecule has 6 aromatic heterocycles. The molecule has 3 saturated heterocycles. The summed E-state index contributed by atoms with van der Waals surface area (Å²) in [5.41, 5.74) is 6.09. The van der Waals surface area contributed by atoms with Crippen molar-refractivity contribution in [2.45, 2.75) is 156 Å². The number of para-hydroxylation sites is 1. The lowest BCUT2D eigenvalue weighted by Crippen LogP contribution is -2.43. The summed E-state index contributed by atoms with van der Waals surface area (Å²) in [7, 11) is -11.8. The van der Waals surface area contributed by atoms with E-state index < -0.39 is 83.1 Å². The third-order valence-corrected chi connectivity index (χ3v) is 25.8. The van der Waals surface area contributed by atoms with E-state index in [-0.39, 0.29) is 35.9 Å². The van der Waals surface area contributed by atoms with E-state index >= 15 is 0 Å². The summed E-state index contributed by atoms with van der Waals surface area (Å²) in [5.74, 6) is 0.104. The molecule has 0 bridgehead atoms. The number of aromatic amines is 1. The second-order valence-corrected chi connectivity index (χ2v) is 39.2. The van der Waals surface area contributed by atoms with Gasteiger partial charge in [-0.2, -0.15) is 53.5 Å². The number of hydrogen-bond acceptors (Lipinski definition) is 18. The first kappa shape index (κ1) is 85.4. The van der Waals surface area contributed by atoms with E-state index in [9.17, 15) is 54.0 Å². The molecule has 15 rings (SSSR count). The van der Waals surface area contributed by atoms with Gasteiger partial charge in [0.1, 0.15) is 39.9 Å². The fraction of sp³-hybridized carbons (Fsp3) is 0.289. The number of nitrogens with one attached hydrogen (secondary N) is 10. The van der Waals surface area contributed by atoms with Crippen LogP contribution in [0.25, 0.3) is 50.1 Å². The average Bonchev–Trinajstić information content (AvgIpc) is 1.61. The molecule has 0 aliphatic carbocycles. The number of pyridine rings is 1. The maximum Gasteiger partial charge on any atom is 0.326 e. The quantitative estimate of drug-likeness (QED) is 0.0429. The third-order valence-electron chi connectivity index (χ3n) is 20.2. The van der Waals surface area contributed by atoms with Crippen LogP contribution in [0.4, 0.5) is 48.5 Å². The largest absolute Gasteiger partial charge is 0.361 e. The van der Waals surface area contributed by atoms with Crippen LogP contribution in [0.2, 0.25) is 0 Å². The van der Waals surface area contributed by atoms with Crippen LogP contribution in [0.1, 0.15) is 138 Å². The molecule has 0 atom stereocenters. The molecule has 33 nitrogen and oxygen atoms in total. The smallest absolute Gasteiger partial charge is 0.326 e. The lowest BCUT2D eigenvalue weighted by Gasteiger charge is -2.25. The first-order valence-corrected chi connectivity index (χ1v) is 43.2. The standard InChI is InChI=1S/C28H31N7O4S2.C28H31N7O4S.C27H31N7O4S/c1-27(2,3)22-15-23(30-25(37)31-26-29-21(17-40-26)19-9-7-6-8-10-19)35(32-22)20-13-11-18(12-14-20)16-34-28(4,5)24(36)33-41(34,38)39;1-27(2,3)22-16-24(31-26(37)30-23-15-12-19-8-6-7-9-21(19)29-23)35(32-22)20-13-10-18(11-14-20)17-34-28(4,5)25(36)33-40(34,38)39;1-26(2,3)22-15-23(30-25(36)29-19-8-11-21-18(14-19)12-13-28-21)34(31-22)20-9-6-17(7-10-20)16-33-27(4,5)24(35)32-39(33,37)38/h6-15,17H,16H2,1-5H3,(H,33,36)(H2,29,30,31,37);6-16H,17H2,1-5H3,(H,33,36)(H2,29,30,31,37);6-15,28H,16H2,1-5H3,(H,32,35)(H2,29,30,36). The van der Waals surface area contributed by atoms with Crippen LogP contribution >= 0.6 is 11.3 Å². The van der Waals surface area contributed by atoms with E-state index in [0.717, 1.165) is 63.1 Å². The number of H-pyrrole nitrogens is 1. The number of nitrogens with zero attached hydrogens (tertiary/aromatic N) is 11. The molecule has 10 N–H and O–H groups in total. The third kappa shape index (κ3) is 18.6. The number of carbonyl (C=O) groups is 6. The number of amides is 9. The highest BCUT2D eigenvalue weighted by Crippen LogP contribution is 2.36. The number of anilines is 6. The topological polar surface area (TPSA) is 418 Å². The van der Waals surface area contributed by atoms with Gasteiger partial charge in [-0.1, -0.05) is 147 Å². The molecule has 37 heteroatoms. The second-order valence-electron chi connectivity index (χ2n) is 33.5. The van der Waals surface area contributed by atoms with Gasteiger partial charge < -0.3 is 10.3 Å². The molecule has 0 saturated carbocycles. The lowest BCUT2D eigenvalue weighted by molar-refractivity contribution is -0.125. The normalized spacial score (nSPS) is 16.6. The summed E-state index contributed by atoms with van der Waals surface area (Å²) in [5, 5.41) is 35.6. The van der Waals surface area contributed by atoms with Crippen molar-refractivity contribution in [1.29, 1.82) is 0 Å². The van der Waals surface area contributed by atoms with Gasteiger partial charge in [-0.25, -0.2) is 52.6 Å². The molecule has 0 radical (unpaired) electrons. The summed E-state index contributed by atoms with van der Waals surface area (Å²) in [6.45, 7) is 27.7. The van der Waals surface area contributed by atoms with Gasteiger partial charge in [0.05, 0.1) is 45.4 Å². The number of aromatic nitrogens is 9. The SMILES string of the molecule is CC(C)(C)c1cc(NC(=O)Nc2ccc3[nH]ccc3c2)n(-c2ccc(CN3C(C)(C)C(=O)NS3(=O)=O)cc2)n1.CC(C)(C)c1cc(NC(=O)Nc2ccc3ccccc3n2)n(-c2ccc(CN3C(C)(C)C(=O)NS3(=O)=O)cc2)n1.CC(C)(C)c1cc(NC(=O)Nc2nc(-c3ccccc3)cs2)n(-c2ccc(CN3C(C)(C)C(=O)NS3(=O)=O)cc2)n1. The molecule has 0 unspecified atom stereocenters. The van der Waals surface area contributed by atoms with Gasteiger partial charge in [0, 0.05) is 93.2 Å². The molecular weight excluding hydrogens is 1610 g/mol. The van der Waals surface area contributed by atoms with Gasteiger partial charge in [0.25, 0.3) is 17.7 Å². The Labute approximate surface area is 698 Å². The summed E-state index contributed by atoms with van der Waals surface area (Å²) in [6, 6.07) is 54.0. The van der Waals surface area contributed by atoms with Crippen LogP contribution < -0.4 is 46.1 Å². The summed E-state index contributed by atoms with van der Waals surface area (Å²) in [6.07, 6.45) is 1.84. The number of hydrogen-bond donors (Lipinski definition) is 10. The predicted octanol–water partition coefficient (Wildman–Crippen LogP) is 13.5. The van der Waals surface area contributed by atoms with Gasteiger partial charge in [0.2, 0.25) is 0 Å². The van der Waals surface area contributed by atoms with Crippen molar-refractivity contribution < 1.29 is 54.0 Å². The van der Waals surface area contributed by atoms with Crippen LogP contribution in [0.3, 0.4) is 0 Å². The van der Waals surface area contributed by atoms with Crippen LogP contribution in [0.15, 0.2) is 194 Å². The van der Waals surface area contributed by atoms with Crippen molar-refractivity contribution in [2.24, 2.45) is 0 Å². The molecule has 626 valence electrons. The molecule has 3 aliphatic rings. The van der Waals surface area contributed by atoms with Crippen molar-refractivity contribution in [2.75, 3.05) is 31.9 Å². The number of thiazole rings is 1. The number of carbonyl (C=O) groups excluding carboxylic acids is 6. The molecule has 12 aromatic rings. The van der Waals surface area contributed by atoms with Crippen molar-refractivity contribution >= 4 is 134 Å². The van der Waals surface area contributed by atoms with Crippen LogP contribution in [-0.4, -0.2) is 135 Å². The van der Waals surface area contributed by atoms with Crippen LogP contribution in [0.5, 0.6) is 0 Å². The zero-order valence-electron chi connectivity index (χ0n) is 68.5. The summed E-state index contributed by atoms with van der Waals surface area (Å²) < 4.78 is 89.2. The zero-order chi connectivity index (χ0) is 86.6. The number of benzene rings is 6. The second kappa shape index (κ2) is 32.3. The van der Waals surface area contributed by atoms with Gasteiger partial charge in [-0.05, 0) is 137 Å². The molecule has 6 aromatic carbocycles. The molecule has 0 spiro atoms. The molecular formula is C83H93N21O12S4. The molecule has 3 aliphatic heterocycles. The highest BCUT2D eigenvalue weighted by atomic mass is 32.2. The Morgan fingerprint density at radius 1 is 0.417 bits per heavy atom. The summed E-state index contributed by atoms with van der Waals surface area (Å²) in [4.78, 5) is 87.4. The van der Waals surface area contributed by atoms with E-state index in [1.165, 1.54) is 11.3 Å². The predicted molar refractivity (Wildman–Crippen MR) is 462 cm³/mol. The first-order valence-electron chi connectivity index (χ1n) is 38.0. The lowest BCUT2D eigenvalue weighted by atomic mass is 9.92. The number of rotatable bonds is 16. The van der Waals surface area contributed by atoms with E-state index in [4.69, 9.17) is 15.3 Å². The molecule has 3 fully saturated rings. The Hall–Kier alpha value is -12.5. The average molecular weight is 1710 g/mol. The highest BCUT2D eigenvalue weighted by Gasteiger charge is 2.52. The first-order chi connectivity index (χ1) is 56.2. The monoisotopic (exact) mass is 1700 g/mol. The van der Waals surface area contributed by atoms with Gasteiger partial charge >= 0.3 is 48.7 Å². The maximum atomic E-state index is 13.0. The Bertz CT molecular complexity index is 6320. The molecule has 120 heavy (non-hydrogen) atoms. The number of fused-ring (bicyclic) bond motifs is 2. The van der Waals surface area contributed by atoms with E-state index in [1.54, 1.807) is 134 Å². The van der Waals surface area contributed by atoms with Crippen molar-refractivity contribution in [3.63, 3.8) is 0 Å². The summed E-state index contributed by atoms with van der Waals surface area (Å²) >= 11 is 1.33. The van der Waals surface area contributed by atoms with Gasteiger partial charge in [0.15, 0.2) is 5.13 Å². The minimum atomic E-state index is -3.92. The Kier molecular flexibility index (Phi) is 23.0. The fourth-order valence-electron chi connectivity index (χ4n) is 12.9. The highest BCUT2D eigenvalue weighted by molar-refractivity contribution is 7.88. The number of urea groups is 3. The Morgan fingerprint density at radius 2 is 0.808 bits per heavy atom. The maximum absolute atomic E-state index is 13.0. The van der Waals surface area contributed by atoms with Crippen molar-refractivity contribution in [3.05, 3.63) is 227 Å². The van der Waals surface area contributed by atoms with E-state index in [1.807, 2.05) is 177 Å². The van der Waals surface area contributed by atoms with Gasteiger partial charge in [-0.3, -0.25) is 41.0 Å². The fourth-order valence-corrected chi connectivity index (χ4v) is 18.4.